The number of carbonyl (C=O) groups is 2. The van der Waals surface area contributed by atoms with Gasteiger partial charge in [-0.2, -0.15) is 0 Å². The zero-order valence-corrected chi connectivity index (χ0v) is 12.7. The van der Waals surface area contributed by atoms with Gasteiger partial charge >= 0.3 is 5.97 Å². The van der Waals surface area contributed by atoms with Gasteiger partial charge in [0.15, 0.2) is 0 Å². The molecule has 21 heavy (non-hydrogen) atoms. The SMILES string of the molecule is CC1CCC(CNC(=O)c2ccc(Cl)cn2)(C(=O)O)CC1. The number of nitrogens with zero attached hydrogens (tertiary/aromatic N) is 1. The van der Waals surface area contributed by atoms with E-state index in [1.807, 2.05) is 0 Å². The van der Waals surface area contributed by atoms with E-state index in [9.17, 15) is 14.7 Å². The van der Waals surface area contributed by atoms with Crippen molar-refractivity contribution in [1.29, 1.82) is 0 Å². The molecule has 1 heterocycles. The standard InChI is InChI=1S/C15H19ClN2O3/c1-10-4-6-15(7-5-10,14(20)21)9-18-13(19)12-3-2-11(16)8-17-12/h2-3,8,10H,4-7,9H2,1H3,(H,18,19)(H,20,21). The van der Waals surface area contributed by atoms with Gasteiger partial charge in [0.2, 0.25) is 0 Å². The van der Waals surface area contributed by atoms with Crippen molar-refractivity contribution in [3.05, 3.63) is 29.0 Å². The molecule has 114 valence electrons. The van der Waals surface area contributed by atoms with Crippen molar-refractivity contribution < 1.29 is 14.7 Å². The van der Waals surface area contributed by atoms with Gasteiger partial charge in [-0.05, 0) is 43.7 Å². The molecule has 1 aromatic heterocycles. The fourth-order valence-corrected chi connectivity index (χ4v) is 2.74. The minimum Gasteiger partial charge on any atom is -0.481 e. The summed E-state index contributed by atoms with van der Waals surface area (Å²) < 4.78 is 0. The minimum absolute atomic E-state index is 0.137. The van der Waals surface area contributed by atoms with E-state index in [0.29, 0.717) is 23.8 Å². The number of aromatic nitrogens is 1. The molecule has 1 aliphatic rings. The van der Waals surface area contributed by atoms with Crippen LogP contribution >= 0.6 is 11.6 Å². The Morgan fingerprint density at radius 3 is 2.62 bits per heavy atom. The third-order valence-electron chi connectivity index (χ3n) is 4.23. The van der Waals surface area contributed by atoms with E-state index in [1.165, 1.54) is 12.3 Å². The maximum Gasteiger partial charge on any atom is 0.311 e. The molecule has 0 aliphatic heterocycles. The fraction of sp³-hybridized carbons (Fsp3) is 0.533. The summed E-state index contributed by atoms with van der Waals surface area (Å²) in [5.41, 5.74) is -0.613. The van der Waals surface area contributed by atoms with E-state index in [-0.39, 0.29) is 18.1 Å². The summed E-state index contributed by atoms with van der Waals surface area (Å²) in [6, 6.07) is 3.10. The maximum atomic E-state index is 12.0. The highest BCUT2D eigenvalue weighted by Crippen LogP contribution is 2.38. The van der Waals surface area contributed by atoms with Crippen LogP contribution in [0.15, 0.2) is 18.3 Å². The van der Waals surface area contributed by atoms with Gasteiger partial charge < -0.3 is 10.4 Å². The third kappa shape index (κ3) is 3.73. The van der Waals surface area contributed by atoms with E-state index >= 15 is 0 Å². The Kier molecular flexibility index (Phi) is 4.83. The molecular weight excluding hydrogens is 292 g/mol. The Labute approximate surface area is 128 Å². The highest BCUT2D eigenvalue weighted by molar-refractivity contribution is 6.30. The lowest BCUT2D eigenvalue weighted by Crippen LogP contribution is -2.45. The zero-order valence-electron chi connectivity index (χ0n) is 11.9. The first kappa shape index (κ1) is 15.8. The Bertz CT molecular complexity index is 522. The van der Waals surface area contributed by atoms with Crippen molar-refractivity contribution in [1.82, 2.24) is 10.3 Å². The topological polar surface area (TPSA) is 79.3 Å². The number of carboxylic acid groups (broad SMARTS) is 1. The largest absolute Gasteiger partial charge is 0.481 e. The molecule has 0 atom stereocenters. The van der Waals surface area contributed by atoms with Crippen LogP contribution in [-0.4, -0.2) is 28.5 Å². The van der Waals surface area contributed by atoms with Crippen molar-refractivity contribution in [3.63, 3.8) is 0 Å². The molecule has 0 aromatic carbocycles. The van der Waals surface area contributed by atoms with Gasteiger partial charge in [0.25, 0.3) is 5.91 Å². The van der Waals surface area contributed by atoms with Crippen LogP contribution in [0.5, 0.6) is 0 Å². The van der Waals surface area contributed by atoms with Gasteiger partial charge in [0.1, 0.15) is 5.69 Å². The second kappa shape index (κ2) is 6.43. The van der Waals surface area contributed by atoms with Gasteiger partial charge in [-0.1, -0.05) is 18.5 Å². The predicted octanol–water partition coefficient (Wildman–Crippen LogP) is 2.75. The molecule has 0 saturated heterocycles. The average molecular weight is 311 g/mol. The molecule has 1 amide bonds. The summed E-state index contributed by atoms with van der Waals surface area (Å²) in [7, 11) is 0. The number of rotatable bonds is 4. The van der Waals surface area contributed by atoms with Crippen molar-refractivity contribution in [3.8, 4) is 0 Å². The number of carboxylic acids is 1. The first-order chi connectivity index (χ1) is 9.93. The number of carbonyl (C=O) groups excluding carboxylic acids is 1. The molecule has 1 aliphatic carbocycles. The summed E-state index contributed by atoms with van der Waals surface area (Å²) >= 11 is 5.72. The molecule has 1 fully saturated rings. The number of aliphatic carboxylic acids is 1. The van der Waals surface area contributed by atoms with Crippen LogP contribution in [0.25, 0.3) is 0 Å². The van der Waals surface area contributed by atoms with E-state index < -0.39 is 11.4 Å². The Balaban J connectivity index is 2.00. The van der Waals surface area contributed by atoms with Crippen LogP contribution in [0.1, 0.15) is 43.1 Å². The summed E-state index contributed by atoms with van der Waals surface area (Å²) in [5, 5.41) is 12.7. The van der Waals surface area contributed by atoms with Crippen LogP contribution in [0, 0.1) is 11.3 Å². The van der Waals surface area contributed by atoms with Crippen molar-refractivity contribution >= 4 is 23.5 Å². The number of amides is 1. The van der Waals surface area contributed by atoms with Crippen molar-refractivity contribution in [2.24, 2.45) is 11.3 Å². The number of nitrogens with one attached hydrogen (secondary N) is 1. The van der Waals surface area contributed by atoms with Gasteiger partial charge in [-0.15, -0.1) is 0 Å². The molecule has 6 heteroatoms. The lowest BCUT2D eigenvalue weighted by atomic mass is 9.71. The molecule has 0 radical (unpaired) electrons. The maximum absolute atomic E-state index is 12.0. The third-order valence-corrected chi connectivity index (χ3v) is 4.46. The molecule has 0 bridgehead atoms. The second-order valence-corrected chi connectivity index (χ2v) is 6.25. The predicted molar refractivity (Wildman–Crippen MR) is 79.3 cm³/mol. The Hall–Kier alpha value is -1.62. The van der Waals surface area contributed by atoms with E-state index in [0.717, 1.165) is 12.8 Å². The lowest BCUT2D eigenvalue weighted by Gasteiger charge is -2.35. The molecule has 0 unspecified atom stereocenters. The highest BCUT2D eigenvalue weighted by Gasteiger charge is 2.41. The van der Waals surface area contributed by atoms with Crippen LogP contribution in [-0.2, 0) is 4.79 Å². The lowest BCUT2D eigenvalue weighted by molar-refractivity contribution is -0.151. The van der Waals surface area contributed by atoms with Crippen LogP contribution in [0.4, 0.5) is 0 Å². The summed E-state index contributed by atoms with van der Waals surface area (Å²) in [6.07, 6.45) is 4.34. The van der Waals surface area contributed by atoms with E-state index in [4.69, 9.17) is 11.6 Å². The molecule has 2 N–H and O–H groups in total. The Morgan fingerprint density at radius 2 is 2.10 bits per heavy atom. The molecule has 1 aromatic rings. The monoisotopic (exact) mass is 310 g/mol. The first-order valence-corrected chi connectivity index (χ1v) is 7.44. The van der Waals surface area contributed by atoms with Gasteiger partial charge in [-0.25, -0.2) is 4.98 Å². The van der Waals surface area contributed by atoms with Crippen LogP contribution in [0.3, 0.4) is 0 Å². The van der Waals surface area contributed by atoms with E-state index in [2.05, 4.69) is 17.2 Å². The number of hydrogen-bond acceptors (Lipinski definition) is 3. The van der Waals surface area contributed by atoms with Crippen molar-refractivity contribution in [2.75, 3.05) is 6.54 Å². The van der Waals surface area contributed by atoms with Crippen molar-refractivity contribution in [2.45, 2.75) is 32.6 Å². The zero-order chi connectivity index (χ0) is 15.5. The highest BCUT2D eigenvalue weighted by atomic mass is 35.5. The van der Waals surface area contributed by atoms with Crippen LogP contribution < -0.4 is 5.32 Å². The van der Waals surface area contributed by atoms with Gasteiger partial charge in [0, 0.05) is 12.7 Å². The van der Waals surface area contributed by atoms with E-state index in [1.54, 1.807) is 6.07 Å². The number of hydrogen-bond donors (Lipinski definition) is 2. The quantitative estimate of drug-likeness (QED) is 0.896. The average Bonchev–Trinajstić information content (AvgIpc) is 2.47. The molecule has 5 nitrogen and oxygen atoms in total. The normalized spacial score (nSPS) is 25.3. The molecule has 1 saturated carbocycles. The minimum atomic E-state index is -0.853. The van der Waals surface area contributed by atoms with Gasteiger partial charge in [0.05, 0.1) is 10.4 Å². The molecule has 0 spiro atoms. The smallest absolute Gasteiger partial charge is 0.311 e. The van der Waals surface area contributed by atoms with Gasteiger partial charge in [-0.3, -0.25) is 9.59 Å². The number of halogens is 1. The summed E-state index contributed by atoms with van der Waals surface area (Å²) in [4.78, 5) is 27.5. The summed E-state index contributed by atoms with van der Waals surface area (Å²) in [5.74, 6) is -0.657. The molecule has 2 rings (SSSR count). The Morgan fingerprint density at radius 1 is 1.43 bits per heavy atom. The second-order valence-electron chi connectivity index (χ2n) is 5.81. The summed E-state index contributed by atoms with van der Waals surface area (Å²) in [6.45, 7) is 2.26. The fourth-order valence-electron chi connectivity index (χ4n) is 2.63. The molecular formula is C15H19ClN2O3. The number of pyridine rings is 1. The first-order valence-electron chi connectivity index (χ1n) is 7.06. The van der Waals surface area contributed by atoms with Crippen LogP contribution in [0.2, 0.25) is 5.02 Å².